The van der Waals surface area contributed by atoms with Gasteiger partial charge >= 0.3 is 5.97 Å². The Morgan fingerprint density at radius 2 is 2.20 bits per heavy atom. The molecule has 0 saturated carbocycles. The van der Waals surface area contributed by atoms with E-state index in [4.69, 9.17) is 4.74 Å². The fraction of sp³-hybridized carbons (Fsp3) is 0.417. The molecule has 0 saturated heterocycles. The van der Waals surface area contributed by atoms with Gasteiger partial charge in [-0.1, -0.05) is 18.2 Å². The third kappa shape index (κ3) is 1.69. The molecular weight excluding hydrogens is 190 g/mol. The Kier molecular flexibility index (Phi) is 2.62. The van der Waals surface area contributed by atoms with Gasteiger partial charge in [0.2, 0.25) is 0 Å². The quantitative estimate of drug-likeness (QED) is 0.752. The minimum atomic E-state index is -0.166. The number of nitrogens with one attached hydrogen (secondary N) is 1. The van der Waals surface area contributed by atoms with E-state index in [0.717, 1.165) is 11.3 Å². The molecule has 1 aliphatic rings. The van der Waals surface area contributed by atoms with E-state index in [1.165, 1.54) is 0 Å². The van der Waals surface area contributed by atoms with Crippen LogP contribution in [0.2, 0.25) is 0 Å². The van der Waals surface area contributed by atoms with Gasteiger partial charge in [-0.3, -0.25) is 4.79 Å². The van der Waals surface area contributed by atoms with Crippen molar-refractivity contribution in [3.05, 3.63) is 29.8 Å². The molecule has 1 aliphatic heterocycles. The van der Waals surface area contributed by atoms with E-state index in [1.807, 2.05) is 38.1 Å². The number of hydrogen-bond acceptors (Lipinski definition) is 3. The maximum atomic E-state index is 11.8. The fourth-order valence-corrected chi connectivity index (χ4v) is 2.06. The summed E-state index contributed by atoms with van der Waals surface area (Å²) in [4.78, 5) is 11.8. The van der Waals surface area contributed by atoms with Crippen molar-refractivity contribution < 1.29 is 9.53 Å². The molecule has 1 heterocycles. The highest BCUT2D eigenvalue weighted by molar-refractivity contribution is 5.84. The average Bonchev–Trinajstić information content (AvgIpc) is 2.54. The van der Waals surface area contributed by atoms with Crippen LogP contribution in [-0.4, -0.2) is 18.6 Å². The Morgan fingerprint density at radius 3 is 2.93 bits per heavy atom. The van der Waals surface area contributed by atoms with Crippen LogP contribution in [0.15, 0.2) is 24.3 Å². The van der Waals surface area contributed by atoms with Crippen molar-refractivity contribution >= 4 is 11.7 Å². The molecule has 2 rings (SSSR count). The van der Waals surface area contributed by atoms with Gasteiger partial charge in [0.15, 0.2) is 0 Å². The van der Waals surface area contributed by atoms with Crippen LogP contribution in [0.3, 0.4) is 0 Å². The molecule has 3 nitrogen and oxygen atoms in total. The zero-order valence-electron chi connectivity index (χ0n) is 8.99. The van der Waals surface area contributed by atoms with E-state index >= 15 is 0 Å². The predicted molar refractivity (Wildman–Crippen MR) is 58.9 cm³/mol. The van der Waals surface area contributed by atoms with Gasteiger partial charge in [-0.2, -0.15) is 0 Å². The molecular formula is C12H15NO2. The van der Waals surface area contributed by atoms with E-state index in [1.54, 1.807) is 0 Å². The molecule has 1 N–H and O–H groups in total. The van der Waals surface area contributed by atoms with Crippen LogP contribution in [0.25, 0.3) is 0 Å². The summed E-state index contributed by atoms with van der Waals surface area (Å²) in [5, 5.41) is 3.29. The van der Waals surface area contributed by atoms with Gasteiger partial charge in [0.05, 0.1) is 6.61 Å². The van der Waals surface area contributed by atoms with Crippen molar-refractivity contribution in [2.75, 3.05) is 11.9 Å². The van der Waals surface area contributed by atoms with Crippen molar-refractivity contribution in [1.82, 2.24) is 0 Å². The summed E-state index contributed by atoms with van der Waals surface area (Å²) in [5.41, 5.74) is 2.09. The van der Waals surface area contributed by atoms with Crippen molar-refractivity contribution in [2.45, 2.75) is 25.8 Å². The molecule has 0 radical (unpaired) electrons. The fourth-order valence-electron chi connectivity index (χ4n) is 2.06. The Bertz CT molecular complexity index is 376. The first-order valence-electron chi connectivity index (χ1n) is 5.26. The summed E-state index contributed by atoms with van der Waals surface area (Å²) in [5.74, 6) is -0.302. The molecule has 0 amide bonds. The van der Waals surface area contributed by atoms with Crippen molar-refractivity contribution in [3.63, 3.8) is 0 Å². The molecule has 2 atom stereocenters. The van der Waals surface area contributed by atoms with Crippen molar-refractivity contribution in [1.29, 1.82) is 0 Å². The second-order valence-electron chi connectivity index (χ2n) is 3.75. The van der Waals surface area contributed by atoms with Gasteiger partial charge in [0.1, 0.15) is 5.92 Å². The highest BCUT2D eigenvalue weighted by Gasteiger charge is 2.35. The van der Waals surface area contributed by atoms with Crippen LogP contribution in [0.5, 0.6) is 0 Å². The molecule has 0 bridgehead atoms. The maximum absolute atomic E-state index is 11.8. The molecule has 0 aromatic heterocycles. The standard InChI is InChI=1S/C12H15NO2/c1-3-15-12(14)11-8(2)13-10-7-5-4-6-9(10)11/h4-8,11,13H,3H2,1-2H3/t8-,11-/m0/s1. The number of benzene rings is 1. The summed E-state index contributed by atoms with van der Waals surface area (Å²) in [7, 11) is 0. The highest BCUT2D eigenvalue weighted by atomic mass is 16.5. The van der Waals surface area contributed by atoms with Gasteiger partial charge in [-0.05, 0) is 25.5 Å². The molecule has 0 aliphatic carbocycles. The predicted octanol–water partition coefficient (Wildman–Crippen LogP) is 2.15. The lowest BCUT2D eigenvalue weighted by atomic mass is 9.96. The van der Waals surface area contributed by atoms with Crippen LogP contribution in [0.1, 0.15) is 25.3 Å². The van der Waals surface area contributed by atoms with Gasteiger partial charge < -0.3 is 10.1 Å². The largest absolute Gasteiger partial charge is 0.465 e. The molecule has 0 unspecified atom stereocenters. The number of carbonyl (C=O) groups excluding carboxylic acids is 1. The molecule has 3 heteroatoms. The Labute approximate surface area is 89.4 Å². The number of ether oxygens (including phenoxy) is 1. The van der Waals surface area contributed by atoms with Gasteiger partial charge in [0, 0.05) is 11.7 Å². The minimum Gasteiger partial charge on any atom is -0.465 e. The van der Waals surface area contributed by atoms with E-state index in [2.05, 4.69) is 5.32 Å². The number of fused-ring (bicyclic) bond motifs is 1. The topological polar surface area (TPSA) is 38.3 Å². The van der Waals surface area contributed by atoms with E-state index < -0.39 is 0 Å². The van der Waals surface area contributed by atoms with E-state index in [0.29, 0.717) is 6.61 Å². The van der Waals surface area contributed by atoms with Crippen molar-refractivity contribution in [2.24, 2.45) is 0 Å². The van der Waals surface area contributed by atoms with E-state index in [-0.39, 0.29) is 17.9 Å². The zero-order chi connectivity index (χ0) is 10.8. The maximum Gasteiger partial charge on any atom is 0.315 e. The van der Waals surface area contributed by atoms with Crippen LogP contribution < -0.4 is 5.32 Å². The molecule has 0 fully saturated rings. The monoisotopic (exact) mass is 205 g/mol. The van der Waals surface area contributed by atoms with Gasteiger partial charge in [-0.25, -0.2) is 0 Å². The molecule has 15 heavy (non-hydrogen) atoms. The lowest BCUT2D eigenvalue weighted by Crippen LogP contribution is -2.25. The second-order valence-corrected chi connectivity index (χ2v) is 3.75. The Hall–Kier alpha value is -1.51. The number of rotatable bonds is 2. The van der Waals surface area contributed by atoms with Crippen LogP contribution in [0.4, 0.5) is 5.69 Å². The van der Waals surface area contributed by atoms with Gasteiger partial charge in [0.25, 0.3) is 0 Å². The van der Waals surface area contributed by atoms with Crippen LogP contribution >= 0.6 is 0 Å². The zero-order valence-corrected chi connectivity index (χ0v) is 8.99. The highest BCUT2D eigenvalue weighted by Crippen LogP contribution is 2.36. The van der Waals surface area contributed by atoms with E-state index in [9.17, 15) is 4.79 Å². The van der Waals surface area contributed by atoms with Crippen molar-refractivity contribution in [3.8, 4) is 0 Å². The third-order valence-corrected chi connectivity index (χ3v) is 2.72. The third-order valence-electron chi connectivity index (χ3n) is 2.72. The summed E-state index contributed by atoms with van der Waals surface area (Å²) in [6.07, 6.45) is 0. The normalized spacial score (nSPS) is 23.1. The lowest BCUT2D eigenvalue weighted by molar-refractivity contribution is -0.145. The number of esters is 1. The van der Waals surface area contributed by atoms with Gasteiger partial charge in [-0.15, -0.1) is 0 Å². The molecule has 1 aromatic rings. The summed E-state index contributed by atoms with van der Waals surface area (Å²) in [6, 6.07) is 8.00. The number of carbonyl (C=O) groups is 1. The average molecular weight is 205 g/mol. The number of anilines is 1. The molecule has 0 spiro atoms. The summed E-state index contributed by atoms with van der Waals surface area (Å²) in [6.45, 7) is 4.27. The summed E-state index contributed by atoms with van der Waals surface area (Å²) < 4.78 is 5.07. The van der Waals surface area contributed by atoms with Crippen LogP contribution in [0, 0.1) is 0 Å². The lowest BCUT2D eigenvalue weighted by Gasteiger charge is -2.14. The second kappa shape index (κ2) is 3.93. The molecule has 1 aromatic carbocycles. The number of para-hydroxylation sites is 1. The Morgan fingerprint density at radius 1 is 1.47 bits per heavy atom. The van der Waals surface area contributed by atoms with Crippen LogP contribution in [-0.2, 0) is 9.53 Å². The first-order chi connectivity index (χ1) is 7.24. The summed E-state index contributed by atoms with van der Waals surface area (Å²) >= 11 is 0. The smallest absolute Gasteiger partial charge is 0.315 e. The minimum absolute atomic E-state index is 0.112. The first kappa shape index (κ1) is 10.0. The SMILES string of the molecule is CCOC(=O)[C@@H]1c2ccccc2N[C@H]1C. The first-order valence-corrected chi connectivity index (χ1v) is 5.26. The molecule has 80 valence electrons. The Balaban J connectivity index is 2.29. The number of hydrogen-bond donors (Lipinski definition) is 1.